The molecule has 1 N–H and O–H groups in total. The van der Waals surface area contributed by atoms with Gasteiger partial charge in [-0.3, -0.25) is 4.79 Å². The highest BCUT2D eigenvalue weighted by atomic mass is 32.2. The molecule has 5 nitrogen and oxygen atoms in total. The molecule has 0 bridgehead atoms. The molecule has 0 atom stereocenters. The first kappa shape index (κ1) is 17.5. The molecule has 0 aliphatic carbocycles. The van der Waals surface area contributed by atoms with Crippen molar-refractivity contribution in [3.8, 4) is 0 Å². The van der Waals surface area contributed by atoms with Crippen molar-refractivity contribution < 1.29 is 13.2 Å². The zero-order valence-electron chi connectivity index (χ0n) is 12.9. The van der Waals surface area contributed by atoms with E-state index < -0.39 is 10.0 Å². The highest BCUT2D eigenvalue weighted by Gasteiger charge is 2.17. The van der Waals surface area contributed by atoms with Crippen molar-refractivity contribution in [2.75, 3.05) is 25.2 Å². The molecule has 0 heterocycles. The number of hydrogen-bond acceptors (Lipinski definition) is 4. The summed E-state index contributed by atoms with van der Waals surface area (Å²) < 4.78 is 25.3. The van der Waals surface area contributed by atoms with Gasteiger partial charge in [-0.15, -0.1) is 11.8 Å². The molecule has 0 aliphatic heterocycles. The van der Waals surface area contributed by atoms with Crippen LogP contribution in [0.25, 0.3) is 0 Å². The normalized spacial score (nSPS) is 11.4. The molecule has 0 aromatic heterocycles. The molecule has 0 fully saturated rings. The zero-order valence-corrected chi connectivity index (χ0v) is 14.5. The lowest BCUT2D eigenvalue weighted by Gasteiger charge is -2.12. The van der Waals surface area contributed by atoms with Crippen molar-refractivity contribution in [1.82, 2.24) is 4.31 Å². The van der Waals surface area contributed by atoms with E-state index in [0.717, 1.165) is 9.20 Å². The number of nitrogens with one attached hydrogen (secondary N) is 1. The molecule has 0 radical (unpaired) electrons. The number of carbonyl (C=O) groups is 1. The summed E-state index contributed by atoms with van der Waals surface area (Å²) in [6.45, 7) is 0. The first-order chi connectivity index (χ1) is 10.9. The Morgan fingerprint density at radius 3 is 2.43 bits per heavy atom. The fraction of sp³-hybridized carbons (Fsp3) is 0.188. The third-order valence-electron chi connectivity index (χ3n) is 3.01. The van der Waals surface area contributed by atoms with Gasteiger partial charge < -0.3 is 5.32 Å². The lowest BCUT2D eigenvalue weighted by molar-refractivity contribution is -0.113. The number of nitrogens with zero attached hydrogens (tertiary/aromatic N) is 1. The van der Waals surface area contributed by atoms with E-state index >= 15 is 0 Å². The molecular formula is C16H18N2O3S2. The standard InChI is InChI=1S/C16H18N2O3S2/c1-18(2)23(20,21)15-10-6-7-13(11-15)17-16(19)12-22-14-8-4-3-5-9-14/h3-11H,12H2,1-2H3,(H,17,19). The molecule has 2 aromatic carbocycles. The van der Waals surface area contributed by atoms with Gasteiger partial charge in [0.25, 0.3) is 0 Å². The summed E-state index contributed by atoms with van der Waals surface area (Å²) in [6, 6.07) is 15.8. The smallest absolute Gasteiger partial charge is 0.242 e. The fourth-order valence-corrected chi connectivity index (χ4v) is 3.48. The highest BCUT2D eigenvalue weighted by Crippen LogP contribution is 2.20. The molecule has 0 unspecified atom stereocenters. The Morgan fingerprint density at radius 2 is 1.78 bits per heavy atom. The van der Waals surface area contributed by atoms with Gasteiger partial charge >= 0.3 is 0 Å². The summed E-state index contributed by atoms with van der Waals surface area (Å²) in [5.41, 5.74) is 0.464. The van der Waals surface area contributed by atoms with Crippen LogP contribution in [0, 0.1) is 0 Å². The average molecular weight is 350 g/mol. The van der Waals surface area contributed by atoms with Crippen LogP contribution in [0.1, 0.15) is 0 Å². The molecule has 0 saturated carbocycles. The average Bonchev–Trinajstić information content (AvgIpc) is 2.54. The number of thioether (sulfide) groups is 1. The van der Waals surface area contributed by atoms with Crippen LogP contribution >= 0.6 is 11.8 Å². The summed E-state index contributed by atoms with van der Waals surface area (Å²) in [5.74, 6) is 0.0764. The molecule has 1 amide bonds. The van der Waals surface area contributed by atoms with Crippen LogP contribution in [-0.4, -0.2) is 38.5 Å². The first-order valence-electron chi connectivity index (χ1n) is 6.90. The molecule has 122 valence electrons. The second-order valence-corrected chi connectivity index (χ2v) is 8.17. The Balaban J connectivity index is 2.02. The van der Waals surface area contributed by atoms with Gasteiger partial charge in [0.2, 0.25) is 15.9 Å². The minimum absolute atomic E-state index is 0.149. The maximum absolute atomic E-state index is 12.1. The molecule has 0 saturated heterocycles. The monoisotopic (exact) mass is 350 g/mol. The lowest BCUT2D eigenvalue weighted by atomic mass is 10.3. The summed E-state index contributed by atoms with van der Waals surface area (Å²) in [5, 5.41) is 2.72. The highest BCUT2D eigenvalue weighted by molar-refractivity contribution is 8.00. The summed E-state index contributed by atoms with van der Waals surface area (Å²) >= 11 is 1.42. The number of carbonyl (C=O) groups excluding carboxylic acids is 1. The Labute approximate surface area is 140 Å². The van der Waals surface area contributed by atoms with Gasteiger partial charge in [-0.05, 0) is 30.3 Å². The van der Waals surface area contributed by atoms with E-state index in [1.807, 2.05) is 30.3 Å². The van der Waals surface area contributed by atoms with Crippen molar-refractivity contribution in [3.63, 3.8) is 0 Å². The Kier molecular flexibility index (Phi) is 5.81. The van der Waals surface area contributed by atoms with Gasteiger partial charge in [0.1, 0.15) is 0 Å². The van der Waals surface area contributed by atoms with Crippen LogP contribution in [-0.2, 0) is 14.8 Å². The topological polar surface area (TPSA) is 66.5 Å². The largest absolute Gasteiger partial charge is 0.325 e. The minimum Gasteiger partial charge on any atom is -0.325 e. The van der Waals surface area contributed by atoms with Gasteiger partial charge in [0.05, 0.1) is 10.6 Å². The molecule has 2 aromatic rings. The van der Waals surface area contributed by atoms with Crippen molar-refractivity contribution in [2.45, 2.75) is 9.79 Å². The van der Waals surface area contributed by atoms with E-state index in [9.17, 15) is 13.2 Å². The molecule has 2 rings (SSSR count). The zero-order chi connectivity index (χ0) is 16.9. The first-order valence-corrected chi connectivity index (χ1v) is 9.32. The Morgan fingerprint density at radius 1 is 1.09 bits per heavy atom. The number of anilines is 1. The SMILES string of the molecule is CN(C)S(=O)(=O)c1cccc(NC(=O)CSc2ccccc2)c1. The van der Waals surface area contributed by atoms with Crippen LogP contribution < -0.4 is 5.32 Å². The van der Waals surface area contributed by atoms with E-state index in [1.165, 1.54) is 38.0 Å². The van der Waals surface area contributed by atoms with Crippen LogP contribution in [0.4, 0.5) is 5.69 Å². The van der Waals surface area contributed by atoms with Crippen molar-refractivity contribution in [2.24, 2.45) is 0 Å². The predicted octanol–water partition coefficient (Wildman–Crippen LogP) is 2.67. The maximum Gasteiger partial charge on any atom is 0.242 e. The molecule has 7 heteroatoms. The Hall–Kier alpha value is -1.83. The van der Waals surface area contributed by atoms with Crippen molar-refractivity contribution in [1.29, 1.82) is 0 Å². The molecule has 0 aliphatic rings. The number of amides is 1. The summed E-state index contributed by atoms with van der Waals surface area (Å²) in [6.07, 6.45) is 0. The van der Waals surface area contributed by atoms with Gasteiger partial charge in [-0.1, -0.05) is 24.3 Å². The van der Waals surface area contributed by atoms with E-state index in [4.69, 9.17) is 0 Å². The number of hydrogen-bond donors (Lipinski definition) is 1. The van der Waals surface area contributed by atoms with Crippen LogP contribution in [0.5, 0.6) is 0 Å². The van der Waals surface area contributed by atoms with E-state index in [-0.39, 0.29) is 16.6 Å². The second kappa shape index (κ2) is 7.63. The quantitative estimate of drug-likeness (QED) is 0.814. The van der Waals surface area contributed by atoms with Crippen LogP contribution in [0.15, 0.2) is 64.4 Å². The number of sulfonamides is 1. The van der Waals surface area contributed by atoms with Crippen LogP contribution in [0.2, 0.25) is 0 Å². The van der Waals surface area contributed by atoms with Gasteiger partial charge in [0, 0.05) is 24.7 Å². The molecule has 23 heavy (non-hydrogen) atoms. The second-order valence-electron chi connectivity index (χ2n) is 4.97. The summed E-state index contributed by atoms with van der Waals surface area (Å²) in [4.78, 5) is 13.1. The van der Waals surface area contributed by atoms with Gasteiger partial charge in [-0.2, -0.15) is 0 Å². The van der Waals surface area contributed by atoms with Gasteiger partial charge in [-0.25, -0.2) is 12.7 Å². The molecule has 0 spiro atoms. The van der Waals surface area contributed by atoms with E-state index in [1.54, 1.807) is 12.1 Å². The minimum atomic E-state index is -3.51. The van der Waals surface area contributed by atoms with Gasteiger partial charge in [0.15, 0.2) is 0 Å². The Bertz CT molecular complexity index is 775. The predicted molar refractivity (Wildman–Crippen MR) is 93.1 cm³/mol. The molecular weight excluding hydrogens is 332 g/mol. The van der Waals surface area contributed by atoms with Crippen molar-refractivity contribution in [3.05, 3.63) is 54.6 Å². The number of benzene rings is 2. The van der Waals surface area contributed by atoms with Crippen molar-refractivity contribution >= 4 is 33.4 Å². The lowest BCUT2D eigenvalue weighted by Crippen LogP contribution is -2.22. The third-order valence-corrected chi connectivity index (χ3v) is 5.83. The summed E-state index contributed by atoms with van der Waals surface area (Å²) in [7, 11) is -0.575. The number of rotatable bonds is 6. The van der Waals surface area contributed by atoms with E-state index in [0.29, 0.717) is 5.69 Å². The third kappa shape index (κ3) is 4.82. The van der Waals surface area contributed by atoms with E-state index in [2.05, 4.69) is 5.32 Å². The fourth-order valence-electron chi connectivity index (χ4n) is 1.81. The van der Waals surface area contributed by atoms with Crippen LogP contribution in [0.3, 0.4) is 0 Å². The maximum atomic E-state index is 12.1.